The number of halogens is 1. The van der Waals surface area contributed by atoms with Crippen LogP contribution in [-0.4, -0.2) is 0 Å². The highest BCUT2D eigenvalue weighted by Crippen LogP contribution is 2.57. The number of benzene rings is 7. The third-order valence-corrected chi connectivity index (χ3v) is 10.7. The van der Waals surface area contributed by atoms with Gasteiger partial charge in [-0.25, -0.2) is 0 Å². The molecule has 0 aromatic heterocycles. The zero-order valence-electron chi connectivity index (χ0n) is 25.4. The van der Waals surface area contributed by atoms with E-state index in [9.17, 15) is 0 Å². The van der Waals surface area contributed by atoms with Crippen molar-refractivity contribution in [3.05, 3.63) is 201 Å². The summed E-state index contributed by atoms with van der Waals surface area (Å²) in [5, 5.41) is 2.53. The molecule has 0 spiro atoms. The lowest BCUT2D eigenvalue weighted by Gasteiger charge is -2.34. The van der Waals surface area contributed by atoms with E-state index in [1.165, 1.54) is 77.5 Å². The standard InChI is InChI=1S/C45H31Br/c46-40-22-20-39(21-23-40)45(38-12-2-1-3-13-38)43-28-36(34-16-14-30-8-4-6-10-32(30)26-34)18-24-41(43)42-25-19-37(29-44(42)45)35-17-15-31-9-5-7-11-33(31)27-35/h1-14,16,18-29H,15,17H2. The van der Waals surface area contributed by atoms with Gasteiger partial charge in [0.15, 0.2) is 0 Å². The van der Waals surface area contributed by atoms with Gasteiger partial charge in [-0.1, -0.05) is 149 Å². The summed E-state index contributed by atoms with van der Waals surface area (Å²) >= 11 is 3.72. The van der Waals surface area contributed by atoms with E-state index < -0.39 is 5.41 Å². The monoisotopic (exact) mass is 650 g/mol. The minimum Gasteiger partial charge on any atom is -0.0622 e. The van der Waals surface area contributed by atoms with Crippen LogP contribution in [-0.2, 0) is 11.8 Å². The van der Waals surface area contributed by atoms with Crippen molar-refractivity contribution in [3.63, 3.8) is 0 Å². The van der Waals surface area contributed by atoms with Crippen molar-refractivity contribution in [1.29, 1.82) is 0 Å². The largest absolute Gasteiger partial charge is 0.0714 e. The van der Waals surface area contributed by atoms with Crippen molar-refractivity contribution in [3.8, 4) is 22.3 Å². The molecule has 9 rings (SSSR count). The average Bonchev–Trinajstić information content (AvgIpc) is 3.41. The molecule has 0 radical (unpaired) electrons. The fraction of sp³-hybridized carbons (Fsp3) is 0.0667. The van der Waals surface area contributed by atoms with Crippen LogP contribution < -0.4 is 0 Å². The Labute approximate surface area is 278 Å². The highest BCUT2D eigenvalue weighted by atomic mass is 79.9. The molecule has 0 saturated heterocycles. The van der Waals surface area contributed by atoms with E-state index in [1.54, 1.807) is 0 Å². The number of hydrogen-bond acceptors (Lipinski definition) is 0. The van der Waals surface area contributed by atoms with Crippen molar-refractivity contribution < 1.29 is 0 Å². The number of aryl methyl sites for hydroxylation is 1. The van der Waals surface area contributed by atoms with Crippen LogP contribution in [0, 0.1) is 0 Å². The van der Waals surface area contributed by atoms with E-state index in [2.05, 4.69) is 180 Å². The van der Waals surface area contributed by atoms with Gasteiger partial charge < -0.3 is 0 Å². The Morgan fingerprint density at radius 1 is 0.457 bits per heavy atom. The van der Waals surface area contributed by atoms with Crippen LogP contribution in [0.3, 0.4) is 0 Å². The van der Waals surface area contributed by atoms with Crippen LogP contribution in [0.2, 0.25) is 0 Å². The molecule has 7 aromatic carbocycles. The molecular formula is C45H31Br. The molecule has 0 N–H and O–H groups in total. The summed E-state index contributed by atoms with van der Waals surface area (Å²) < 4.78 is 1.09. The summed E-state index contributed by atoms with van der Waals surface area (Å²) in [7, 11) is 0. The van der Waals surface area contributed by atoms with E-state index >= 15 is 0 Å². The van der Waals surface area contributed by atoms with Crippen molar-refractivity contribution in [1.82, 2.24) is 0 Å². The van der Waals surface area contributed by atoms with E-state index in [1.807, 2.05) is 0 Å². The van der Waals surface area contributed by atoms with Crippen molar-refractivity contribution in [2.45, 2.75) is 18.3 Å². The van der Waals surface area contributed by atoms with Gasteiger partial charge in [-0.2, -0.15) is 0 Å². The molecule has 46 heavy (non-hydrogen) atoms. The Morgan fingerprint density at radius 2 is 1.07 bits per heavy atom. The third kappa shape index (κ3) is 4.26. The minimum atomic E-state index is -0.470. The molecule has 0 amide bonds. The summed E-state index contributed by atoms with van der Waals surface area (Å²) in [6.07, 6.45) is 4.53. The molecule has 1 atom stereocenters. The lowest BCUT2D eigenvalue weighted by Crippen LogP contribution is -2.28. The third-order valence-electron chi connectivity index (χ3n) is 10.1. The van der Waals surface area contributed by atoms with Gasteiger partial charge in [0.25, 0.3) is 0 Å². The molecule has 1 unspecified atom stereocenters. The second-order valence-corrected chi connectivity index (χ2v) is 13.5. The molecule has 0 saturated carbocycles. The average molecular weight is 652 g/mol. The van der Waals surface area contributed by atoms with Crippen LogP contribution >= 0.6 is 15.9 Å². The second-order valence-electron chi connectivity index (χ2n) is 12.6. The molecule has 1 heteroatoms. The fourth-order valence-electron chi connectivity index (χ4n) is 7.91. The maximum absolute atomic E-state index is 3.72. The Bertz CT molecular complexity index is 2310. The van der Waals surface area contributed by atoms with Crippen LogP contribution in [0.1, 0.15) is 45.4 Å². The summed E-state index contributed by atoms with van der Waals surface area (Å²) in [6, 6.07) is 58.8. The Hall–Kier alpha value is -4.98. The molecule has 218 valence electrons. The maximum Gasteiger partial charge on any atom is 0.0714 e. The van der Waals surface area contributed by atoms with Crippen molar-refractivity contribution in [2.75, 3.05) is 0 Å². The molecule has 0 heterocycles. The predicted octanol–water partition coefficient (Wildman–Crippen LogP) is 12.1. The van der Waals surface area contributed by atoms with E-state index in [0.29, 0.717) is 0 Å². The topological polar surface area (TPSA) is 0 Å². The Balaban J connectivity index is 1.31. The van der Waals surface area contributed by atoms with Crippen LogP contribution in [0.25, 0.3) is 44.7 Å². The van der Waals surface area contributed by atoms with Crippen molar-refractivity contribution in [2.24, 2.45) is 0 Å². The van der Waals surface area contributed by atoms with Crippen LogP contribution in [0.5, 0.6) is 0 Å². The number of fused-ring (bicyclic) bond motifs is 5. The summed E-state index contributed by atoms with van der Waals surface area (Å²) in [4.78, 5) is 0. The predicted molar refractivity (Wildman–Crippen MR) is 197 cm³/mol. The highest BCUT2D eigenvalue weighted by molar-refractivity contribution is 9.10. The van der Waals surface area contributed by atoms with Gasteiger partial charge in [-0.3, -0.25) is 0 Å². The minimum absolute atomic E-state index is 0.470. The normalized spacial score (nSPS) is 16.4. The summed E-state index contributed by atoms with van der Waals surface area (Å²) in [5.41, 5.74) is 15.4. The molecule has 0 bridgehead atoms. The van der Waals surface area contributed by atoms with Gasteiger partial charge in [0.1, 0.15) is 0 Å². The molecule has 2 aliphatic rings. The quantitative estimate of drug-likeness (QED) is 0.178. The number of hydrogen-bond donors (Lipinski definition) is 0. The molecule has 7 aromatic rings. The summed E-state index contributed by atoms with van der Waals surface area (Å²) in [5.74, 6) is 0. The van der Waals surface area contributed by atoms with Gasteiger partial charge in [0.2, 0.25) is 0 Å². The molecule has 0 aliphatic heterocycles. The second kappa shape index (κ2) is 10.8. The van der Waals surface area contributed by atoms with Gasteiger partial charge >= 0.3 is 0 Å². The summed E-state index contributed by atoms with van der Waals surface area (Å²) in [6.45, 7) is 0. The van der Waals surface area contributed by atoms with Crippen LogP contribution in [0.4, 0.5) is 0 Å². The SMILES string of the molecule is Brc1ccc(C2(c3ccccc3)c3cc(C4=Cc5ccccc5CC4)ccc3-c3ccc(-c4ccc5ccccc5c4)cc32)cc1. The van der Waals surface area contributed by atoms with Crippen molar-refractivity contribution >= 4 is 38.4 Å². The smallest absolute Gasteiger partial charge is 0.0622 e. The Morgan fingerprint density at radius 3 is 1.87 bits per heavy atom. The first kappa shape index (κ1) is 27.3. The van der Waals surface area contributed by atoms with Gasteiger partial charge in [0.05, 0.1) is 5.41 Å². The van der Waals surface area contributed by atoms with Gasteiger partial charge in [-0.05, 0) is 121 Å². The molecule has 0 fully saturated rings. The zero-order chi connectivity index (χ0) is 30.7. The first-order valence-electron chi connectivity index (χ1n) is 16.1. The lowest BCUT2D eigenvalue weighted by molar-refractivity contribution is 0.768. The lowest BCUT2D eigenvalue weighted by atomic mass is 9.67. The van der Waals surface area contributed by atoms with Crippen LogP contribution in [0.15, 0.2) is 162 Å². The van der Waals surface area contributed by atoms with E-state index in [-0.39, 0.29) is 0 Å². The van der Waals surface area contributed by atoms with E-state index in [0.717, 1.165) is 17.3 Å². The Kier molecular flexibility index (Phi) is 6.43. The first-order chi connectivity index (χ1) is 22.7. The molecule has 2 aliphatic carbocycles. The van der Waals surface area contributed by atoms with Gasteiger partial charge in [-0.15, -0.1) is 0 Å². The number of rotatable bonds is 4. The maximum atomic E-state index is 3.72. The molecule has 0 nitrogen and oxygen atoms in total. The first-order valence-corrected chi connectivity index (χ1v) is 16.9. The highest BCUT2D eigenvalue weighted by Gasteiger charge is 2.46. The van der Waals surface area contributed by atoms with E-state index in [4.69, 9.17) is 0 Å². The zero-order valence-corrected chi connectivity index (χ0v) is 27.0. The number of allylic oxidation sites excluding steroid dienone is 1. The fourth-order valence-corrected chi connectivity index (χ4v) is 8.17. The molecular weight excluding hydrogens is 620 g/mol. The van der Waals surface area contributed by atoms with Gasteiger partial charge in [0, 0.05) is 4.47 Å².